The number of rotatable bonds is 8. The third-order valence-electron chi connectivity index (χ3n) is 4.72. The molecule has 1 aromatic carbocycles. The van der Waals surface area contributed by atoms with E-state index in [9.17, 15) is 18.0 Å². The molecule has 0 aliphatic rings. The molecule has 1 atom stereocenters. The van der Waals surface area contributed by atoms with E-state index in [0.29, 0.717) is 18.7 Å². The first-order valence-corrected chi connectivity index (χ1v) is 11.6. The standard InChI is InChI=1S/C20H22ClN5O5S/c1-4-26(5-2)32(29,30)15-7-8-16(21)17(10-15)23-19(27)13(3)31-20(28)14-6-9-18-24-22-12-25(18)11-14/h6-13H,4-5H2,1-3H3,(H,23,27). The molecular formula is C20H22ClN5O5S. The third kappa shape index (κ3) is 4.90. The van der Waals surface area contributed by atoms with E-state index >= 15 is 0 Å². The van der Waals surface area contributed by atoms with Gasteiger partial charge in [0, 0.05) is 19.3 Å². The highest BCUT2D eigenvalue weighted by Crippen LogP contribution is 2.27. The van der Waals surface area contributed by atoms with E-state index in [1.807, 2.05) is 0 Å². The van der Waals surface area contributed by atoms with Crippen molar-refractivity contribution in [3.8, 4) is 0 Å². The van der Waals surface area contributed by atoms with Gasteiger partial charge in [0.1, 0.15) is 6.33 Å². The smallest absolute Gasteiger partial charge is 0.340 e. The Kier molecular flexibility index (Phi) is 7.12. The van der Waals surface area contributed by atoms with E-state index < -0.39 is 28.0 Å². The number of pyridine rings is 1. The summed E-state index contributed by atoms with van der Waals surface area (Å²) in [6.07, 6.45) is 1.75. The van der Waals surface area contributed by atoms with Gasteiger partial charge in [-0.25, -0.2) is 13.2 Å². The fraction of sp³-hybridized carbons (Fsp3) is 0.300. The highest BCUT2D eigenvalue weighted by Gasteiger charge is 2.24. The minimum absolute atomic E-state index is 0.00667. The molecule has 0 radical (unpaired) electrons. The number of sulfonamides is 1. The molecule has 1 unspecified atom stereocenters. The predicted molar refractivity (Wildman–Crippen MR) is 118 cm³/mol. The van der Waals surface area contributed by atoms with Gasteiger partial charge in [0.2, 0.25) is 10.0 Å². The topological polar surface area (TPSA) is 123 Å². The largest absolute Gasteiger partial charge is 0.449 e. The second-order valence-corrected chi connectivity index (χ2v) is 9.13. The van der Waals surface area contributed by atoms with Crippen molar-refractivity contribution in [2.24, 2.45) is 0 Å². The van der Waals surface area contributed by atoms with E-state index in [-0.39, 0.29) is 21.2 Å². The molecule has 32 heavy (non-hydrogen) atoms. The van der Waals surface area contributed by atoms with Gasteiger partial charge in [0.05, 0.1) is 21.2 Å². The monoisotopic (exact) mass is 479 g/mol. The lowest BCUT2D eigenvalue weighted by Crippen LogP contribution is -2.31. The minimum atomic E-state index is -3.74. The molecule has 170 valence electrons. The van der Waals surface area contributed by atoms with Crippen molar-refractivity contribution in [1.82, 2.24) is 18.9 Å². The Hall–Kier alpha value is -3.02. The molecule has 3 rings (SSSR count). The number of benzene rings is 1. The van der Waals surface area contributed by atoms with Crippen LogP contribution in [-0.2, 0) is 19.6 Å². The molecule has 0 aliphatic carbocycles. The maximum atomic E-state index is 12.7. The SMILES string of the molecule is CCN(CC)S(=O)(=O)c1ccc(Cl)c(NC(=O)C(C)OC(=O)c2ccc3nncn3c2)c1. The molecule has 3 aromatic rings. The number of halogens is 1. The second kappa shape index (κ2) is 9.63. The fourth-order valence-corrected chi connectivity index (χ4v) is 4.59. The van der Waals surface area contributed by atoms with Crippen LogP contribution in [0.5, 0.6) is 0 Å². The number of fused-ring (bicyclic) bond motifs is 1. The van der Waals surface area contributed by atoms with Crippen LogP contribution in [0.2, 0.25) is 5.02 Å². The van der Waals surface area contributed by atoms with Crippen LogP contribution in [-0.4, -0.2) is 58.4 Å². The summed E-state index contributed by atoms with van der Waals surface area (Å²) in [5.41, 5.74) is 0.863. The fourth-order valence-electron chi connectivity index (χ4n) is 2.94. The van der Waals surface area contributed by atoms with Gasteiger partial charge in [-0.1, -0.05) is 25.4 Å². The summed E-state index contributed by atoms with van der Waals surface area (Å²) in [6.45, 7) is 5.47. The van der Waals surface area contributed by atoms with E-state index in [1.165, 1.54) is 48.0 Å². The highest BCUT2D eigenvalue weighted by atomic mass is 35.5. The number of amides is 1. The number of carbonyl (C=O) groups excluding carboxylic acids is 2. The molecule has 2 aromatic heterocycles. The first-order valence-electron chi connectivity index (χ1n) is 9.78. The van der Waals surface area contributed by atoms with Crippen molar-refractivity contribution in [3.63, 3.8) is 0 Å². The molecule has 1 amide bonds. The van der Waals surface area contributed by atoms with Crippen LogP contribution >= 0.6 is 11.6 Å². The Morgan fingerprint density at radius 1 is 1.22 bits per heavy atom. The third-order valence-corrected chi connectivity index (χ3v) is 7.09. The molecule has 0 saturated heterocycles. The number of nitrogens with one attached hydrogen (secondary N) is 1. The van der Waals surface area contributed by atoms with Crippen molar-refractivity contribution < 1.29 is 22.7 Å². The summed E-state index contributed by atoms with van der Waals surface area (Å²) in [5, 5.41) is 10.2. The number of carbonyl (C=O) groups is 2. The molecule has 0 spiro atoms. The van der Waals surface area contributed by atoms with Gasteiger partial charge < -0.3 is 10.1 Å². The summed E-state index contributed by atoms with van der Waals surface area (Å²) >= 11 is 6.14. The minimum Gasteiger partial charge on any atom is -0.449 e. The number of esters is 1. The lowest BCUT2D eigenvalue weighted by molar-refractivity contribution is -0.123. The molecule has 2 heterocycles. The summed E-state index contributed by atoms with van der Waals surface area (Å²) in [5.74, 6) is -1.38. The number of hydrogen-bond donors (Lipinski definition) is 1. The van der Waals surface area contributed by atoms with E-state index in [2.05, 4.69) is 15.5 Å². The van der Waals surface area contributed by atoms with Crippen LogP contribution < -0.4 is 5.32 Å². The average molecular weight is 480 g/mol. The van der Waals surface area contributed by atoms with Crippen LogP contribution in [0.1, 0.15) is 31.1 Å². The van der Waals surface area contributed by atoms with Gasteiger partial charge in [-0.3, -0.25) is 9.20 Å². The first-order chi connectivity index (χ1) is 15.2. The molecular weight excluding hydrogens is 458 g/mol. The van der Waals surface area contributed by atoms with Crippen LogP contribution in [0.3, 0.4) is 0 Å². The molecule has 0 bridgehead atoms. The van der Waals surface area contributed by atoms with Gasteiger partial charge in [0.25, 0.3) is 5.91 Å². The van der Waals surface area contributed by atoms with Crippen molar-refractivity contribution in [3.05, 3.63) is 53.4 Å². The maximum absolute atomic E-state index is 12.7. The molecule has 10 nitrogen and oxygen atoms in total. The van der Waals surface area contributed by atoms with Crippen LogP contribution in [0, 0.1) is 0 Å². The second-order valence-electron chi connectivity index (χ2n) is 6.78. The van der Waals surface area contributed by atoms with Crippen LogP contribution in [0.15, 0.2) is 47.8 Å². The summed E-state index contributed by atoms with van der Waals surface area (Å²) in [4.78, 5) is 25.0. The number of ether oxygens (including phenoxy) is 1. The molecule has 12 heteroatoms. The van der Waals surface area contributed by atoms with E-state index in [0.717, 1.165) is 0 Å². The molecule has 0 fully saturated rings. The Balaban J connectivity index is 1.73. The Labute approximate surface area is 190 Å². The van der Waals surface area contributed by atoms with Crippen molar-refractivity contribution >= 4 is 44.8 Å². The van der Waals surface area contributed by atoms with Crippen LogP contribution in [0.25, 0.3) is 5.65 Å². The number of aromatic nitrogens is 3. The molecule has 0 saturated carbocycles. The zero-order valence-electron chi connectivity index (χ0n) is 17.6. The average Bonchev–Trinajstić information content (AvgIpc) is 3.23. The first kappa shape index (κ1) is 23.6. The predicted octanol–water partition coefficient (Wildman–Crippen LogP) is 2.60. The highest BCUT2D eigenvalue weighted by molar-refractivity contribution is 7.89. The Bertz CT molecular complexity index is 1260. The summed E-state index contributed by atoms with van der Waals surface area (Å²) < 4.78 is 33.6. The summed E-state index contributed by atoms with van der Waals surface area (Å²) in [6, 6.07) is 7.14. The van der Waals surface area contributed by atoms with Crippen molar-refractivity contribution in [1.29, 1.82) is 0 Å². The zero-order chi connectivity index (χ0) is 23.5. The van der Waals surface area contributed by atoms with Gasteiger partial charge >= 0.3 is 5.97 Å². The zero-order valence-corrected chi connectivity index (χ0v) is 19.2. The Morgan fingerprint density at radius 2 is 1.94 bits per heavy atom. The number of nitrogens with zero attached hydrogens (tertiary/aromatic N) is 4. The number of hydrogen-bond acceptors (Lipinski definition) is 7. The van der Waals surface area contributed by atoms with Crippen molar-refractivity contribution in [2.75, 3.05) is 18.4 Å². The lowest BCUT2D eigenvalue weighted by Gasteiger charge is -2.19. The van der Waals surface area contributed by atoms with Gasteiger partial charge in [-0.15, -0.1) is 10.2 Å². The van der Waals surface area contributed by atoms with Gasteiger partial charge in [-0.2, -0.15) is 4.31 Å². The summed E-state index contributed by atoms with van der Waals surface area (Å²) in [7, 11) is -3.74. The quantitative estimate of drug-likeness (QED) is 0.492. The van der Waals surface area contributed by atoms with E-state index in [1.54, 1.807) is 24.3 Å². The molecule has 0 aliphatic heterocycles. The van der Waals surface area contributed by atoms with Gasteiger partial charge in [0.15, 0.2) is 11.8 Å². The van der Waals surface area contributed by atoms with Gasteiger partial charge in [-0.05, 0) is 37.3 Å². The number of anilines is 1. The molecule has 1 N–H and O–H groups in total. The Morgan fingerprint density at radius 3 is 2.62 bits per heavy atom. The van der Waals surface area contributed by atoms with Crippen LogP contribution in [0.4, 0.5) is 5.69 Å². The van der Waals surface area contributed by atoms with Crippen molar-refractivity contribution in [2.45, 2.75) is 31.8 Å². The maximum Gasteiger partial charge on any atom is 0.340 e. The normalized spacial score (nSPS) is 12.7. The van der Waals surface area contributed by atoms with E-state index in [4.69, 9.17) is 16.3 Å². The lowest BCUT2D eigenvalue weighted by atomic mass is 10.2.